The zero-order valence-corrected chi connectivity index (χ0v) is 18.6. The molecule has 0 saturated heterocycles. The molecule has 0 spiro atoms. The molecule has 3 atom stereocenters. The average Bonchev–Trinajstić information content (AvgIpc) is 3.47. The number of ketones is 1. The van der Waals surface area contributed by atoms with Gasteiger partial charge < -0.3 is 9.84 Å². The van der Waals surface area contributed by atoms with Gasteiger partial charge in [-0.05, 0) is 61.9 Å². The van der Waals surface area contributed by atoms with Crippen molar-refractivity contribution in [3.05, 3.63) is 68.9 Å². The van der Waals surface area contributed by atoms with Crippen molar-refractivity contribution in [1.29, 1.82) is 0 Å². The third-order valence-corrected chi connectivity index (χ3v) is 7.35. The van der Waals surface area contributed by atoms with Crippen LogP contribution in [0.15, 0.2) is 47.7 Å². The molecule has 31 heavy (non-hydrogen) atoms. The second-order valence-corrected chi connectivity index (χ2v) is 9.95. The van der Waals surface area contributed by atoms with Crippen LogP contribution in [0.5, 0.6) is 0 Å². The predicted octanol–water partition coefficient (Wildman–Crippen LogP) is 5.65. The van der Waals surface area contributed by atoms with E-state index in [0.717, 1.165) is 34.6 Å². The van der Waals surface area contributed by atoms with Crippen molar-refractivity contribution in [3.8, 4) is 0 Å². The molecule has 0 amide bonds. The van der Waals surface area contributed by atoms with Gasteiger partial charge in [-0.15, -0.1) is 11.3 Å². The molecule has 1 aromatic heterocycles. The molecule has 3 unspecified atom stereocenters. The Morgan fingerprint density at radius 3 is 2.45 bits per heavy atom. The minimum Gasteiger partial charge on any atom is -0.504 e. The van der Waals surface area contributed by atoms with Gasteiger partial charge >= 0.3 is 5.97 Å². The van der Waals surface area contributed by atoms with Gasteiger partial charge in [-0.1, -0.05) is 31.9 Å². The van der Waals surface area contributed by atoms with Crippen LogP contribution < -0.4 is 0 Å². The van der Waals surface area contributed by atoms with Gasteiger partial charge in [0.15, 0.2) is 11.9 Å². The Morgan fingerprint density at radius 2 is 1.87 bits per heavy atom. The number of hydrogen-bond acceptors (Lipinski definition) is 5. The summed E-state index contributed by atoms with van der Waals surface area (Å²) in [5, 5.41) is 10.8. The zero-order chi connectivity index (χ0) is 22.1. The summed E-state index contributed by atoms with van der Waals surface area (Å²) in [6.07, 6.45) is 2.99. The number of cyclic esters (lactones) is 1. The van der Waals surface area contributed by atoms with Crippen molar-refractivity contribution in [3.63, 3.8) is 0 Å². The van der Waals surface area contributed by atoms with E-state index in [-0.39, 0.29) is 23.2 Å². The molecule has 0 bridgehead atoms. The van der Waals surface area contributed by atoms with Crippen LogP contribution in [0.3, 0.4) is 0 Å². The Labute approximate surface area is 185 Å². The number of hydrogen-bond donors (Lipinski definition) is 1. The van der Waals surface area contributed by atoms with Crippen molar-refractivity contribution >= 4 is 23.1 Å². The lowest BCUT2D eigenvalue weighted by Gasteiger charge is -2.31. The quantitative estimate of drug-likeness (QED) is 0.536. The van der Waals surface area contributed by atoms with Crippen LogP contribution in [0.4, 0.5) is 4.39 Å². The van der Waals surface area contributed by atoms with E-state index in [0.29, 0.717) is 18.8 Å². The molecule has 164 valence electrons. The fraction of sp³-hybridized carbons (Fsp3) is 0.440. The monoisotopic (exact) mass is 442 g/mol. The maximum Gasteiger partial charge on any atom is 0.339 e. The maximum absolute atomic E-state index is 13.3. The molecule has 1 saturated carbocycles. The normalized spacial score (nSPS) is 21.2. The van der Waals surface area contributed by atoms with Gasteiger partial charge in [-0.25, -0.2) is 9.18 Å². The molecule has 0 radical (unpaired) electrons. The van der Waals surface area contributed by atoms with Crippen LogP contribution in [0.1, 0.15) is 53.8 Å². The van der Waals surface area contributed by atoms with Crippen molar-refractivity contribution in [2.75, 3.05) is 0 Å². The molecule has 1 fully saturated rings. The van der Waals surface area contributed by atoms with Gasteiger partial charge in [0.25, 0.3) is 0 Å². The van der Waals surface area contributed by atoms with Crippen molar-refractivity contribution < 1.29 is 23.8 Å². The SMILES string of the molecule is CCC(C1=C(O)C(=O)C(C(Cc2ccc(F)cc2)CC2CC2)OC1=O)c1ccc(C)s1. The van der Waals surface area contributed by atoms with Crippen molar-refractivity contribution in [2.24, 2.45) is 11.8 Å². The number of aliphatic hydroxyl groups is 1. The second-order valence-electron chi connectivity index (χ2n) is 8.63. The Hall–Kier alpha value is -2.47. The van der Waals surface area contributed by atoms with E-state index in [1.54, 1.807) is 23.5 Å². The summed E-state index contributed by atoms with van der Waals surface area (Å²) in [6, 6.07) is 10.1. The number of thiophene rings is 1. The molecule has 1 aliphatic heterocycles. The number of aryl methyl sites for hydroxylation is 1. The Kier molecular flexibility index (Phi) is 6.28. The first-order valence-electron chi connectivity index (χ1n) is 10.9. The fourth-order valence-corrected chi connectivity index (χ4v) is 5.49. The lowest BCUT2D eigenvalue weighted by atomic mass is 9.83. The molecule has 6 heteroatoms. The average molecular weight is 443 g/mol. The van der Waals surface area contributed by atoms with Gasteiger partial charge in [0.2, 0.25) is 5.78 Å². The molecule has 4 rings (SSSR count). The summed E-state index contributed by atoms with van der Waals surface area (Å²) >= 11 is 1.55. The van der Waals surface area contributed by atoms with E-state index in [9.17, 15) is 19.1 Å². The predicted molar refractivity (Wildman–Crippen MR) is 118 cm³/mol. The highest BCUT2D eigenvalue weighted by molar-refractivity contribution is 7.12. The van der Waals surface area contributed by atoms with Crippen molar-refractivity contribution in [1.82, 2.24) is 0 Å². The third-order valence-electron chi connectivity index (χ3n) is 6.23. The number of aliphatic hydroxyl groups excluding tert-OH is 1. The topological polar surface area (TPSA) is 63.6 Å². The molecule has 1 N–H and O–H groups in total. The zero-order valence-electron chi connectivity index (χ0n) is 17.8. The van der Waals surface area contributed by atoms with E-state index >= 15 is 0 Å². The molecule has 2 heterocycles. The second kappa shape index (κ2) is 8.95. The van der Waals surface area contributed by atoms with E-state index in [4.69, 9.17) is 4.74 Å². The molecule has 1 aromatic carbocycles. The number of ether oxygens (including phenoxy) is 1. The number of benzene rings is 1. The Balaban J connectivity index is 1.62. The van der Waals surface area contributed by atoms with Crippen LogP contribution in [0, 0.1) is 24.6 Å². The fourth-order valence-electron chi connectivity index (χ4n) is 4.42. The minimum atomic E-state index is -1.01. The molecule has 2 aliphatic rings. The van der Waals surface area contributed by atoms with Crippen LogP contribution in [0.2, 0.25) is 0 Å². The summed E-state index contributed by atoms with van der Waals surface area (Å²) in [5.41, 5.74) is 0.947. The number of Topliss-reactive ketones (excluding diaryl/α,β-unsaturated/α-hetero) is 1. The van der Waals surface area contributed by atoms with E-state index in [1.165, 1.54) is 12.1 Å². The van der Waals surface area contributed by atoms with Gasteiger partial charge in [0, 0.05) is 21.6 Å². The highest BCUT2D eigenvalue weighted by Crippen LogP contribution is 2.41. The number of carbonyl (C=O) groups is 2. The summed E-state index contributed by atoms with van der Waals surface area (Å²) in [4.78, 5) is 28.2. The lowest BCUT2D eigenvalue weighted by molar-refractivity contribution is -0.158. The molecule has 1 aliphatic carbocycles. The smallest absolute Gasteiger partial charge is 0.339 e. The van der Waals surface area contributed by atoms with Gasteiger partial charge in [0.05, 0.1) is 5.57 Å². The summed E-state index contributed by atoms with van der Waals surface area (Å²) in [6.45, 7) is 3.90. The van der Waals surface area contributed by atoms with Crippen molar-refractivity contribution in [2.45, 2.75) is 58.0 Å². The highest BCUT2D eigenvalue weighted by atomic mass is 32.1. The largest absolute Gasteiger partial charge is 0.504 e. The maximum atomic E-state index is 13.3. The van der Waals surface area contributed by atoms with Crippen LogP contribution in [-0.4, -0.2) is 23.0 Å². The highest BCUT2D eigenvalue weighted by Gasteiger charge is 2.44. The first kappa shape index (κ1) is 21.8. The number of carbonyl (C=O) groups excluding carboxylic acids is 2. The third kappa shape index (κ3) is 4.74. The first-order chi connectivity index (χ1) is 14.9. The van der Waals surface area contributed by atoms with Gasteiger partial charge in [0.1, 0.15) is 5.82 Å². The summed E-state index contributed by atoms with van der Waals surface area (Å²) in [5.74, 6) is -2.02. The molecular weight excluding hydrogens is 415 g/mol. The van der Waals surface area contributed by atoms with Crippen LogP contribution >= 0.6 is 11.3 Å². The molecular formula is C25H27FO4S. The first-order valence-corrected chi connectivity index (χ1v) is 11.7. The lowest BCUT2D eigenvalue weighted by Crippen LogP contribution is -2.42. The van der Waals surface area contributed by atoms with E-state index in [1.807, 2.05) is 26.0 Å². The van der Waals surface area contributed by atoms with E-state index < -0.39 is 23.6 Å². The standard InChI is InChI=1S/C25H27FO4S/c1-3-19(20-11-4-14(2)31-20)21-22(27)23(28)24(30-25(21)29)17(12-15-5-6-15)13-16-7-9-18(26)10-8-16/h4,7-11,15,17,19,24,27H,3,5-6,12-13H2,1-2H3. The number of esters is 1. The number of rotatable bonds is 8. The Bertz CT molecular complexity index is 1000. The molecule has 4 nitrogen and oxygen atoms in total. The van der Waals surface area contributed by atoms with Gasteiger partial charge in [-0.2, -0.15) is 0 Å². The Morgan fingerprint density at radius 1 is 1.16 bits per heavy atom. The number of halogens is 1. The van der Waals surface area contributed by atoms with E-state index in [2.05, 4.69) is 0 Å². The van der Waals surface area contributed by atoms with Gasteiger partial charge in [-0.3, -0.25) is 4.79 Å². The summed E-state index contributed by atoms with van der Waals surface area (Å²) < 4.78 is 19.0. The summed E-state index contributed by atoms with van der Waals surface area (Å²) in [7, 11) is 0. The van der Waals surface area contributed by atoms with Crippen LogP contribution in [0.25, 0.3) is 0 Å². The van der Waals surface area contributed by atoms with Crippen LogP contribution in [-0.2, 0) is 20.7 Å². The molecule has 2 aromatic rings. The minimum absolute atomic E-state index is 0.0672.